The minimum absolute atomic E-state index is 0.267. The number of hydrogen-bond acceptors (Lipinski definition) is 4. The van der Waals surface area contributed by atoms with Crippen LogP contribution in [-0.2, 0) is 6.54 Å². The molecule has 23 heavy (non-hydrogen) atoms. The van der Waals surface area contributed by atoms with E-state index in [-0.39, 0.29) is 12.4 Å². The van der Waals surface area contributed by atoms with Crippen LogP contribution in [0.5, 0.6) is 11.5 Å². The lowest BCUT2D eigenvalue weighted by Crippen LogP contribution is -2.22. The van der Waals surface area contributed by atoms with E-state index in [1.54, 1.807) is 30.3 Å². The summed E-state index contributed by atoms with van der Waals surface area (Å²) in [5, 5.41) is 13.7. The van der Waals surface area contributed by atoms with Gasteiger partial charge in [0.05, 0.1) is 11.1 Å². The predicted octanol–water partition coefficient (Wildman–Crippen LogP) is 3.07. The van der Waals surface area contributed by atoms with Crippen molar-refractivity contribution in [2.24, 2.45) is 0 Å². The van der Waals surface area contributed by atoms with Gasteiger partial charge >= 0.3 is 0 Å². The molecule has 0 saturated heterocycles. The van der Waals surface area contributed by atoms with E-state index in [2.05, 4.69) is 5.32 Å². The third-order valence-electron chi connectivity index (χ3n) is 3.61. The Kier molecular flexibility index (Phi) is 5.00. The summed E-state index contributed by atoms with van der Waals surface area (Å²) < 4.78 is 24.5. The van der Waals surface area contributed by atoms with Gasteiger partial charge in [-0.3, -0.25) is 0 Å². The molecule has 3 rings (SSSR count). The van der Waals surface area contributed by atoms with Crippen LogP contribution in [0, 0.1) is 5.82 Å². The summed E-state index contributed by atoms with van der Waals surface area (Å²) in [6.45, 7) is 1.51. The van der Waals surface area contributed by atoms with E-state index in [0.717, 1.165) is 0 Å². The van der Waals surface area contributed by atoms with Gasteiger partial charge in [0.25, 0.3) is 0 Å². The molecule has 0 aromatic heterocycles. The molecule has 0 bridgehead atoms. The van der Waals surface area contributed by atoms with Crippen LogP contribution in [0.3, 0.4) is 0 Å². The number of benzene rings is 2. The van der Waals surface area contributed by atoms with Crippen LogP contribution < -0.4 is 14.8 Å². The fourth-order valence-corrected chi connectivity index (χ4v) is 2.70. The Morgan fingerprint density at radius 1 is 1.22 bits per heavy atom. The molecule has 2 aromatic carbocycles. The zero-order valence-corrected chi connectivity index (χ0v) is 13.1. The molecule has 0 spiro atoms. The summed E-state index contributed by atoms with van der Waals surface area (Å²) in [6.07, 6.45) is -0.782. The molecule has 1 aliphatic rings. The van der Waals surface area contributed by atoms with Crippen LogP contribution in [0.25, 0.3) is 0 Å². The zero-order valence-electron chi connectivity index (χ0n) is 12.4. The second-order valence-corrected chi connectivity index (χ2v) is 5.67. The number of aliphatic hydroxyl groups excluding tert-OH is 1. The second-order valence-electron chi connectivity index (χ2n) is 5.27. The van der Waals surface area contributed by atoms with Crippen molar-refractivity contribution in [3.8, 4) is 11.5 Å². The van der Waals surface area contributed by atoms with Crippen molar-refractivity contribution < 1.29 is 19.0 Å². The SMILES string of the molecule is OC(CNCc1ccccc1F)c1cc(Cl)c2c(c1)OCCO2. The molecule has 1 aliphatic heterocycles. The fourth-order valence-electron chi connectivity index (χ4n) is 2.43. The molecule has 1 unspecified atom stereocenters. The standard InChI is InChI=1S/C17H17ClFNO3/c18-13-7-12(8-16-17(13)23-6-5-22-16)15(21)10-20-9-11-3-1-2-4-14(11)19/h1-4,7-8,15,20-21H,5-6,9-10H2. The molecular formula is C17H17ClFNO3. The molecule has 0 aliphatic carbocycles. The van der Waals surface area contributed by atoms with Crippen molar-refractivity contribution in [2.45, 2.75) is 12.6 Å². The Hall–Kier alpha value is -1.82. The highest BCUT2D eigenvalue weighted by Crippen LogP contribution is 2.39. The minimum Gasteiger partial charge on any atom is -0.486 e. The third-order valence-corrected chi connectivity index (χ3v) is 3.90. The number of halogens is 2. The third kappa shape index (κ3) is 3.75. The largest absolute Gasteiger partial charge is 0.486 e. The first-order chi connectivity index (χ1) is 11.1. The summed E-state index contributed by atoms with van der Waals surface area (Å²) >= 11 is 6.16. The molecular weight excluding hydrogens is 321 g/mol. The number of rotatable bonds is 5. The molecule has 0 radical (unpaired) electrons. The van der Waals surface area contributed by atoms with E-state index < -0.39 is 6.10 Å². The first kappa shape index (κ1) is 16.1. The second kappa shape index (κ2) is 7.17. The lowest BCUT2D eigenvalue weighted by molar-refractivity contribution is 0.163. The van der Waals surface area contributed by atoms with Gasteiger partial charge in [0.1, 0.15) is 19.0 Å². The van der Waals surface area contributed by atoms with Crippen molar-refractivity contribution in [1.82, 2.24) is 5.32 Å². The zero-order chi connectivity index (χ0) is 16.2. The summed E-state index contributed by atoms with van der Waals surface area (Å²) in [5.74, 6) is 0.775. The molecule has 0 amide bonds. The summed E-state index contributed by atoms with van der Waals surface area (Å²) in [4.78, 5) is 0. The molecule has 1 heterocycles. The lowest BCUT2D eigenvalue weighted by Gasteiger charge is -2.21. The minimum atomic E-state index is -0.782. The first-order valence-corrected chi connectivity index (χ1v) is 7.74. The number of hydrogen-bond donors (Lipinski definition) is 2. The Balaban J connectivity index is 1.63. The van der Waals surface area contributed by atoms with Crippen LogP contribution in [0.1, 0.15) is 17.2 Å². The molecule has 4 nitrogen and oxygen atoms in total. The van der Waals surface area contributed by atoms with Crippen molar-refractivity contribution in [1.29, 1.82) is 0 Å². The Bertz CT molecular complexity index is 696. The van der Waals surface area contributed by atoms with Gasteiger partial charge in [-0.2, -0.15) is 0 Å². The van der Waals surface area contributed by atoms with Gasteiger partial charge in [0.2, 0.25) is 0 Å². The average Bonchev–Trinajstić information content (AvgIpc) is 2.56. The van der Waals surface area contributed by atoms with Crippen LogP contribution in [0.4, 0.5) is 4.39 Å². The highest BCUT2D eigenvalue weighted by Gasteiger charge is 2.19. The summed E-state index contributed by atoms with van der Waals surface area (Å²) in [5.41, 5.74) is 1.18. The molecule has 2 aromatic rings. The molecule has 2 N–H and O–H groups in total. The summed E-state index contributed by atoms with van der Waals surface area (Å²) in [6, 6.07) is 9.91. The van der Waals surface area contributed by atoms with E-state index in [1.165, 1.54) is 6.07 Å². The topological polar surface area (TPSA) is 50.7 Å². The maximum absolute atomic E-state index is 13.5. The van der Waals surface area contributed by atoms with E-state index >= 15 is 0 Å². The maximum atomic E-state index is 13.5. The van der Waals surface area contributed by atoms with Crippen LogP contribution in [0.2, 0.25) is 5.02 Å². The first-order valence-electron chi connectivity index (χ1n) is 7.36. The predicted molar refractivity (Wildman–Crippen MR) is 85.5 cm³/mol. The lowest BCUT2D eigenvalue weighted by atomic mass is 10.1. The van der Waals surface area contributed by atoms with Gasteiger partial charge in [-0.15, -0.1) is 0 Å². The average molecular weight is 338 g/mol. The normalized spacial score (nSPS) is 14.6. The highest BCUT2D eigenvalue weighted by atomic mass is 35.5. The van der Waals surface area contributed by atoms with Gasteiger partial charge in [0.15, 0.2) is 11.5 Å². The quantitative estimate of drug-likeness (QED) is 0.880. The van der Waals surface area contributed by atoms with Crippen LogP contribution in [-0.4, -0.2) is 24.9 Å². The number of nitrogens with one attached hydrogen (secondary N) is 1. The Morgan fingerprint density at radius 3 is 2.83 bits per heavy atom. The van der Waals surface area contributed by atoms with E-state index in [4.69, 9.17) is 21.1 Å². The van der Waals surface area contributed by atoms with Crippen molar-refractivity contribution in [3.63, 3.8) is 0 Å². The summed E-state index contributed by atoms with van der Waals surface area (Å²) in [7, 11) is 0. The van der Waals surface area contributed by atoms with Gasteiger partial charge < -0.3 is 19.9 Å². The Labute approximate surface area is 138 Å². The van der Waals surface area contributed by atoms with E-state index in [1.807, 2.05) is 0 Å². The van der Waals surface area contributed by atoms with Crippen molar-refractivity contribution in [2.75, 3.05) is 19.8 Å². The number of fused-ring (bicyclic) bond motifs is 1. The fraction of sp³-hybridized carbons (Fsp3) is 0.294. The molecule has 6 heteroatoms. The van der Waals surface area contributed by atoms with Gasteiger partial charge in [-0.25, -0.2) is 4.39 Å². The van der Waals surface area contributed by atoms with Gasteiger partial charge in [0, 0.05) is 18.7 Å². The van der Waals surface area contributed by atoms with Gasteiger partial charge in [-0.05, 0) is 23.8 Å². The Morgan fingerprint density at radius 2 is 2.00 bits per heavy atom. The maximum Gasteiger partial charge on any atom is 0.179 e. The number of ether oxygens (including phenoxy) is 2. The number of aliphatic hydroxyl groups is 1. The van der Waals surface area contributed by atoms with E-state index in [9.17, 15) is 9.50 Å². The molecule has 1 atom stereocenters. The van der Waals surface area contributed by atoms with E-state index in [0.29, 0.717) is 47.4 Å². The van der Waals surface area contributed by atoms with Crippen LogP contribution in [0.15, 0.2) is 36.4 Å². The van der Waals surface area contributed by atoms with Crippen molar-refractivity contribution >= 4 is 11.6 Å². The molecule has 0 fully saturated rings. The van der Waals surface area contributed by atoms with Crippen LogP contribution >= 0.6 is 11.6 Å². The highest BCUT2D eigenvalue weighted by molar-refractivity contribution is 6.32. The monoisotopic (exact) mass is 337 g/mol. The van der Waals surface area contributed by atoms with Gasteiger partial charge in [-0.1, -0.05) is 29.8 Å². The smallest absolute Gasteiger partial charge is 0.179 e. The molecule has 122 valence electrons. The van der Waals surface area contributed by atoms with Crippen molar-refractivity contribution in [3.05, 3.63) is 58.4 Å². The molecule has 0 saturated carbocycles.